The Morgan fingerprint density at radius 1 is 1.45 bits per heavy atom. The fraction of sp³-hybridized carbons (Fsp3) is 0.533. The first-order chi connectivity index (χ1) is 9.74. The third-order valence-corrected chi connectivity index (χ3v) is 3.48. The van der Waals surface area contributed by atoms with E-state index in [1.807, 2.05) is 31.2 Å². The average molecular weight is 278 g/mol. The summed E-state index contributed by atoms with van der Waals surface area (Å²) >= 11 is 0. The summed E-state index contributed by atoms with van der Waals surface area (Å²) in [6, 6.07) is 7.81. The highest BCUT2D eigenvalue weighted by molar-refractivity contribution is 5.79. The van der Waals surface area contributed by atoms with Gasteiger partial charge in [-0.15, -0.1) is 0 Å². The molecule has 20 heavy (non-hydrogen) atoms. The van der Waals surface area contributed by atoms with Crippen LogP contribution < -0.4 is 15.4 Å². The second kappa shape index (κ2) is 7.26. The van der Waals surface area contributed by atoms with Gasteiger partial charge in [0.25, 0.3) is 0 Å². The molecule has 2 rings (SSSR count). The van der Waals surface area contributed by atoms with Gasteiger partial charge < -0.3 is 20.1 Å². The van der Waals surface area contributed by atoms with Crippen LogP contribution in [-0.2, 0) is 16.1 Å². The fourth-order valence-electron chi connectivity index (χ4n) is 2.38. The molecule has 2 N–H and O–H groups in total. The molecule has 0 radical (unpaired) electrons. The third kappa shape index (κ3) is 3.71. The van der Waals surface area contributed by atoms with Crippen LogP contribution in [0.1, 0.15) is 12.5 Å². The molecule has 0 spiro atoms. The van der Waals surface area contributed by atoms with E-state index in [1.54, 1.807) is 7.11 Å². The highest BCUT2D eigenvalue weighted by Crippen LogP contribution is 2.15. The predicted molar refractivity (Wildman–Crippen MR) is 76.6 cm³/mol. The average Bonchev–Trinajstić information content (AvgIpc) is 2.94. The van der Waals surface area contributed by atoms with Gasteiger partial charge in [0, 0.05) is 12.6 Å². The van der Waals surface area contributed by atoms with E-state index in [9.17, 15) is 4.79 Å². The Bertz CT molecular complexity index is 450. The monoisotopic (exact) mass is 278 g/mol. The van der Waals surface area contributed by atoms with E-state index in [2.05, 4.69) is 10.6 Å². The van der Waals surface area contributed by atoms with Gasteiger partial charge in [-0.1, -0.05) is 19.1 Å². The minimum absolute atomic E-state index is 0.0382. The first-order valence-electron chi connectivity index (χ1n) is 6.96. The lowest BCUT2D eigenvalue weighted by molar-refractivity contribution is -0.125. The lowest BCUT2D eigenvalue weighted by Gasteiger charge is -2.17. The zero-order chi connectivity index (χ0) is 14.4. The number of carbonyl (C=O) groups excluding carboxylic acids is 1. The summed E-state index contributed by atoms with van der Waals surface area (Å²) in [5.74, 6) is 0.725. The zero-order valence-corrected chi connectivity index (χ0v) is 12.0. The first kappa shape index (κ1) is 14.8. The number of ether oxygens (including phenoxy) is 2. The van der Waals surface area contributed by atoms with E-state index < -0.39 is 0 Å². The summed E-state index contributed by atoms with van der Waals surface area (Å²) in [5.41, 5.74) is 1.02. The highest BCUT2D eigenvalue weighted by Gasteiger charge is 2.33. The molecule has 1 aromatic rings. The van der Waals surface area contributed by atoms with Crippen LogP contribution in [0, 0.1) is 5.92 Å². The van der Waals surface area contributed by atoms with Crippen LogP contribution in [-0.4, -0.2) is 38.8 Å². The molecular weight excluding hydrogens is 256 g/mol. The number of hydrogen-bond donors (Lipinski definition) is 2. The third-order valence-electron chi connectivity index (χ3n) is 3.48. The Morgan fingerprint density at radius 3 is 3.05 bits per heavy atom. The van der Waals surface area contributed by atoms with Crippen molar-refractivity contribution in [3.63, 3.8) is 0 Å². The van der Waals surface area contributed by atoms with Crippen LogP contribution in [0.5, 0.6) is 5.75 Å². The smallest absolute Gasteiger partial charge is 0.227 e. The minimum Gasteiger partial charge on any atom is -0.497 e. The van der Waals surface area contributed by atoms with E-state index in [-0.39, 0.29) is 17.9 Å². The molecule has 0 bridgehead atoms. The lowest BCUT2D eigenvalue weighted by Crippen LogP contribution is -2.43. The van der Waals surface area contributed by atoms with Gasteiger partial charge in [-0.05, 0) is 24.2 Å². The molecule has 1 amide bonds. The molecule has 1 aromatic carbocycles. The van der Waals surface area contributed by atoms with E-state index in [0.29, 0.717) is 19.8 Å². The lowest BCUT2D eigenvalue weighted by atomic mass is 10.0. The summed E-state index contributed by atoms with van der Waals surface area (Å²) < 4.78 is 10.6. The Hall–Kier alpha value is -1.59. The molecule has 1 saturated heterocycles. The number of nitrogens with one attached hydrogen (secondary N) is 2. The van der Waals surface area contributed by atoms with Gasteiger partial charge in [0.2, 0.25) is 5.91 Å². The molecule has 1 fully saturated rings. The van der Waals surface area contributed by atoms with Gasteiger partial charge in [0.05, 0.1) is 26.2 Å². The second-order valence-corrected chi connectivity index (χ2v) is 4.88. The molecule has 5 nitrogen and oxygen atoms in total. The molecule has 5 heteroatoms. The minimum atomic E-state index is -0.111. The van der Waals surface area contributed by atoms with Crippen molar-refractivity contribution < 1.29 is 14.3 Å². The number of methoxy groups -OCH3 is 1. The van der Waals surface area contributed by atoms with Gasteiger partial charge in [-0.25, -0.2) is 0 Å². The van der Waals surface area contributed by atoms with Crippen molar-refractivity contribution in [2.45, 2.75) is 19.5 Å². The molecule has 1 aliphatic heterocycles. The fourth-order valence-corrected chi connectivity index (χ4v) is 2.38. The van der Waals surface area contributed by atoms with Crippen LogP contribution in [0.4, 0.5) is 0 Å². The van der Waals surface area contributed by atoms with Crippen molar-refractivity contribution in [1.82, 2.24) is 10.6 Å². The van der Waals surface area contributed by atoms with E-state index in [0.717, 1.165) is 17.9 Å². The summed E-state index contributed by atoms with van der Waals surface area (Å²) in [7, 11) is 1.63. The number of likely N-dealkylation sites (N-methyl/N-ethyl adjacent to an activating group) is 1. The second-order valence-electron chi connectivity index (χ2n) is 4.88. The van der Waals surface area contributed by atoms with Gasteiger partial charge in [-0.3, -0.25) is 4.79 Å². The normalized spacial score (nSPS) is 21.7. The van der Waals surface area contributed by atoms with Gasteiger partial charge in [0.15, 0.2) is 0 Å². The molecule has 110 valence electrons. The molecule has 0 aliphatic carbocycles. The van der Waals surface area contributed by atoms with Crippen LogP contribution in [0.2, 0.25) is 0 Å². The Morgan fingerprint density at radius 2 is 2.30 bits per heavy atom. The van der Waals surface area contributed by atoms with Gasteiger partial charge >= 0.3 is 0 Å². The SMILES string of the molecule is CCNC1COCC1C(=O)NCc1cccc(OC)c1. The maximum absolute atomic E-state index is 12.2. The molecule has 1 heterocycles. The molecule has 2 atom stereocenters. The van der Waals surface area contributed by atoms with Crippen molar-refractivity contribution in [3.05, 3.63) is 29.8 Å². The maximum atomic E-state index is 12.2. The topological polar surface area (TPSA) is 59.6 Å². The van der Waals surface area contributed by atoms with Crippen molar-refractivity contribution >= 4 is 5.91 Å². The number of amides is 1. The van der Waals surface area contributed by atoms with Crippen molar-refractivity contribution in [3.8, 4) is 5.75 Å². The van der Waals surface area contributed by atoms with E-state index in [4.69, 9.17) is 9.47 Å². The van der Waals surface area contributed by atoms with Crippen molar-refractivity contribution in [2.75, 3.05) is 26.9 Å². The largest absolute Gasteiger partial charge is 0.497 e. The van der Waals surface area contributed by atoms with Crippen molar-refractivity contribution in [1.29, 1.82) is 0 Å². The number of rotatable bonds is 6. The number of benzene rings is 1. The first-order valence-corrected chi connectivity index (χ1v) is 6.96. The number of carbonyl (C=O) groups is 1. The van der Waals surface area contributed by atoms with E-state index >= 15 is 0 Å². The zero-order valence-electron chi connectivity index (χ0n) is 12.0. The maximum Gasteiger partial charge on any atom is 0.227 e. The standard InChI is InChI=1S/C15H22N2O3/c1-3-16-14-10-20-9-13(14)15(18)17-8-11-5-4-6-12(7-11)19-2/h4-7,13-14,16H,3,8-10H2,1-2H3,(H,17,18). The molecule has 0 saturated carbocycles. The van der Waals surface area contributed by atoms with Gasteiger partial charge in [0.1, 0.15) is 5.75 Å². The summed E-state index contributed by atoms with van der Waals surface area (Å²) in [6.45, 7) is 4.47. The highest BCUT2D eigenvalue weighted by atomic mass is 16.5. The Labute approximate surface area is 119 Å². The molecule has 2 unspecified atom stereocenters. The molecule has 1 aliphatic rings. The van der Waals surface area contributed by atoms with Crippen LogP contribution in [0.3, 0.4) is 0 Å². The summed E-state index contributed by atoms with van der Waals surface area (Å²) in [6.07, 6.45) is 0. The van der Waals surface area contributed by atoms with E-state index in [1.165, 1.54) is 0 Å². The van der Waals surface area contributed by atoms with Crippen LogP contribution in [0.25, 0.3) is 0 Å². The number of hydrogen-bond acceptors (Lipinski definition) is 4. The molecular formula is C15H22N2O3. The molecule has 0 aromatic heterocycles. The van der Waals surface area contributed by atoms with Crippen LogP contribution >= 0.6 is 0 Å². The quantitative estimate of drug-likeness (QED) is 0.813. The predicted octanol–water partition coefficient (Wildman–Crippen LogP) is 0.936. The Balaban J connectivity index is 1.88. The van der Waals surface area contributed by atoms with Gasteiger partial charge in [-0.2, -0.15) is 0 Å². The van der Waals surface area contributed by atoms with Crippen LogP contribution in [0.15, 0.2) is 24.3 Å². The summed E-state index contributed by atoms with van der Waals surface area (Å²) in [5, 5.41) is 6.25. The Kier molecular flexibility index (Phi) is 5.38. The van der Waals surface area contributed by atoms with Crippen molar-refractivity contribution in [2.24, 2.45) is 5.92 Å². The summed E-state index contributed by atoms with van der Waals surface area (Å²) in [4.78, 5) is 12.2.